The summed E-state index contributed by atoms with van der Waals surface area (Å²) < 4.78 is 16.4. The third-order valence-corrected chi connectivity index (χ3v) is 5.95. The van der Waals surface area contributed by atoms with E-state index in [1.54, 1.807) is 78.9 Å². The Kier molecular flexibility index (Phi) is 7.41. The predicted octanol–water partition coefficient (Wildman–Crippen LogP) is 5.45. The fraction of sp³-hybridized carbons (Fsp3) is 0.0741. The molecule has 36 heavy (non-hydrogen) atoms. The molecule has 0 atom stereocenters. The molecule has 0 saturated carbocycles. The van der Waals surface area contributed by atoms with Crippen molar-refractivity contribution >= 4 is 46.6 Å². The maximum Gasteiger partial charge on any atom is 0.336 e. The molecule has 1 aliphatic heterocycles. The number of benzene rings is 3. The highest BCUT2D eigenvalue weighted by atomic mass is 32.2. The number of methoxy groups -OCH3 is 2. The lowest BCUT2D eigenvalue weighted by molar-refractivity contribution is -0.130. The van der Waals surface area contributed by atoms with E-state index in [1.807, 2.05) is 0 Å². The van der Waals surface area contributed by atoms with E-state index < -0.39 is 17.1 Å². The lowest BCUT2D eigenvalue weighted by Crippen LogP contribution is -2.17. The molecule has 1 fully saturated rings. The molecule has 2 N–H and O–H groups in total. The Morgan fingerprint density at radius 1 is 0.833 bits per heavy atom. The Labute approximate surface area is 211 Å². The van der Waals surface area contributed by atoms with Crippen LogP contribution in [0, 0.1) is 0 Å². The summed E-state index contributed by atoms with van der Waals surface area (Å²) in [4.78, 5) is 35.3. The number of carbonyl (C=O) groups is 3. The fourth-order valence-corrected chi connectivity index (χ4v) is 4.07. The van der Waals surface area contributed by atoms with Crippen LogP contribution in [0.3, 0.4) is 0 Å². The average Bonchev–Trinajstić information content (AvgIpc) is 3.20. The number of aliphatic carboxylic acids is 1. The summed E-state index contributed by atoms with van der Waals surface area (Å²) in [6.45, 7) is 0. The van der Waals surface area contributed by atoms with Crippen LogP contribution in [0.5, 0.6) is 23.0 Å². The number of hydrogen-bond donors (Lipinski definition) is 2. The van der Waals surface area contributed by atoms with Gasteiger partial charge in [-0.3, -0.25) is 14.9 Å². The zero-order valence-electron chi connectivity index (χ0n) is 19.3. The lowest BCUT2D eigenvalue weighted by Gasteiger charge is -2.09. The highest BCUT2D eigenvalue weighted by Gasteiger charge is 2.24. The first-order valence-electron chi connectivity index (χ1n) is 10.7. The van der Waals surface area contributed by atoms with Crippen LogP contribution in [-0.2, 0) is 9.59 Å². The van der Waals surface area contributed by atoms with Crippen molar-refractivity contribution in [1.29, 1.82) is 0 Å². The minimum Gasteiger partial charge on any atom is -0.497 e. The van der Waals surface area contributed by atoms with Gasteiger partial charge in [0.2, 0.25) is 0 Å². The van der Waals surface area contributed by atoms with Gasteiger partial charge in [-0.05, 0) is 77.0 Å². The van der Waals surface area contributed by atoms with Crippen LogP contribution in [0.15, 0.2) is 71.6 Å². The smallest absolute Gasteiger partial charge is 0.336 e. The Morgan fingerprint density at radius 2 is 1.42 bits per heavy atom. The van der Waals surface area contributed by atoms with Gasteiger partial charge in [-0.15, -0.1) is 0 Å². The minimum atomic E-state index is -1.08. The van der Waals surface area contributed by atoms with Crippen LogP contribution in [0.2, 0.25) is 0 Å². The number of amides is 2. The van der Waals surface area contributed by atoms with Crippen LogP contribution < -0.4 is 19.5 Å². The molecule has 0 unspecified atom stereocenters. The van der Waals surface area contributed by atoms with E-state index in [9.17, 15) is 19.5 Å². The summed E-state index contributed by atoms with van der Waals surface area (Å²) in [5.74, 6) is 0.692. The topological polar surface area (TPSA) is 111 Å². The van der Waals surface area contributed by atoms with Gasteiger partial charge in [-0.1, -0.05) is 24.3 Å². The van der Waals surface area contributed by atoms with Crippen molar-refractivity contribution in [2.24, 2.45) is 0 Å². The standard InChI is InChI=1S/C27H21NO7S/c1-33-21-11-17(12-22(15-21)34-2)13-23(26(30)31)18-5-9-20(10-6-18)35-19-7-3-16(4-8-19)14-24-25(29)28-27(32)36-24/h3-15H,1-2H3,(H,30,31)(H,28,29,32)/b23-13+,24-14?. The van der Waals surface area contributed by atoms with Gasteiger partial charge in [0.15, 0.2) is 0 Å². The van der Waals surface area contributed by atoms with Crippen molar-refractivity contribution in [3.8, 4) is 23.0 Å². The molecule has 0 spiro atoms. The van der Waals surface area contributed by atoms with Crippen molar-refractivity contribution in [2.45, 2.75) is 0 Å². The lowest BCUT2D eigenvalue weighted by atomic mass is 10.0. The number of carboxylic acids is 1. The SMILES string of the molecule is COc1cc(/C=C(/C(=O)O)c2ccc(Oc3ccc(C=C4SC(=O)NC4=O)cc3)cc2)cc(OC)c1. The summed E-state index contributed by atoms with van der Waals surface area (Å²) in [5, 5.41) is 11.6. The molecule has 8 nitrogen and oxygen atoms in total. The molecule has 0 aromatic heterocycles. The van der Waals surface area contributed by atoms with Gasteiger partial charge < -0.3 is 19.3 Å². The quantitative estimate of drug-likeness (QED) is 0.309. The number of ether oxygens (including phenoxy) is 3. The Morgan fingerprint density at radius 3 is 1.92 bits per heavy atom. The molecule has 1 heterocycles. The molecule has 4 rings (SSSR count). The first-order valence-corrected chi connectivity index (χ1v) is 11.5. The molecule has 1 saturated heterocycles. The second kappa shape index (κ2) is 10.8. The predicted molar refractivity (Wildman–Crippen MR) is 137 cm³/mol. The molecule has 2 amide bonds. The first-order chi connectivity index (χ1) is 17.3. The molecular weight excluding hydrogens is 482 g/mol. The van der Waals surface area contributed by atoms with Gasteiger partial charge in [-0.25, -0.2) is 4.79 Å². The van der Waals surface area contributed by atoms with Crippen molar-refractivity contribution in [3.05, 3.63) is 88.3 Å². The summed E-state index contributed by atoms with van der Waals surface area (Å²) in [7, 11) is 3.05. The van der Waals surface area contributed by atoms with Crippen LogP contribution in [0.25, 0.3) is 17.7 Å². The van der Waals surface area contributed by atoms with Crippen LogP contribution >= 0.6 is 11.8 Å². The van der Waals surface area contributed by atoms with E-state index in [0.717, 1.165) is 17.3 Å². The number of rotatable bonds is 8. The van der Waals surface area contributed by atoms with Gasteiger partial charge >= 0.3 is 5.97 Å². The summed E-state index contributed by atoms with van der Waals surface area (Å²) >= 11 is 0.856. The monoisotopic (exact) mass is 503 g/mol. The first kappa shape index (κ1) is 24.6. The normalized spacial score (nSPS) is 14.5. The Bertz CT molecular complexity index is 1350. The van der Waals surface area contributed by atoms with E-state index in [1.165, 1.54) is 14.2 Å². The van der Waals surface area contributed by atoms with Crippen molar-refractivity contribution in [1.82, 2.24) is 5.32 Å². The summed E-state index contributed by atoms with van der Waals surface area (Å²) in [5.41, 5.74) is 1.97. The van der Waals surface area contributed by atoms with E-state index in [0.29, 0.717) is 39.0 Å². The van der Waals surface area contributed by atoms with E-state index in [4.69, 9.17) is 14.2 Å². The van der Waals surface area contributed by atoms with Gasteiger partial charge in [-0.2, -0.15) is 0 Å². The second-order valence-corrected chi connectivity index (χ2v) is 8.57. The van der Waals surface area contributed by atoms with E-state index >= 15 is 0 Å². The maximum atomic E-state index is 12.0. The van der Waals surface area contributed by atoms with Gasteiger partial charge in [0, 0.05) is 6.07 Å². The van der Waals surface area contributed by atoms with Crippen LogP contribution in [-0.4, -0.2) is 36.4 Å². The van der Waals surface area contributed by atoms with Crippen molar-refractivity contribution < 1.29 is 33.7 Å². The number of nitrogens with one attached hydrogen (secondary N) is 1. The van der Waals surface area contributed by atoms with Crippen molar-refractivity contribution in [3.63, 3.8) is 0 Å². The number of thioether (sulfide) groups is 1. The number of imide groups is 1. The van der Waals surface area contributed by atoms with E-state index in [2.05, 4.69) is 5.32 Å². The minimum absolute atomic E-state index is 0.0987. The van der Waals surface area contributed by atoms with Gasteiger partial charge in [0.1, 0.15) is 23.0 Å². The zero-order chi connectivity index (χ0) is 25.7. The molecule has 3 aromatic rings. The highest BCUT2D eigenvalue weighted by Crippen LogP contribution is 2.29. The molecule has 182 valence electrons. The molecule has 0 radical (unpaired) electrons. The van der Waals surface area contributed by atoms with E-state index in [-0.39, 0.29) is 5.57 Å². The molecule has 1 aliphatic rings. The largest absolute Gasteiger partial charge is 0.497 e. The van der Waals surface area contributed by atoms with Crippen LogP contribution in [0.1, 0.15) is 16.7 Å². The highest BCUT2D eigenvalue weighted by molar-refractivity contribution is 8.18. The number of carboxylic acid groups (broad SMARTS) is 1. The number of hydrogen-bond acceptors (Lipinski definition) is 7. The van der Waals surface area contributed by atoms with Crippen molar-refractivity contribution in [2.75, 3.05) is 14.2 Å². The Hall–Kier alpha value is -4.50. The maximum absolute atomic E-state index is 12.0. The third kappa shape index (κ3) is 5.94. The zero-order valence-corrected chi connectivity index (χ0v) is 20.1. The Balaban J connectivity index is 1.50. The molecule has 9 heteroatoms. The molecule has 0 aliphatic carbocycles. The summed E-state index contributed by atoms with van der Waals surface area (Å²) in [6, 6.07) is 18.8. The molecular formula is C27H21NO7S. The van der Waals surface area contributed by atoms with Crippen LogP contribution in [0.4, 0.5) is 4.79 Å². The average molecular weight is 504 g/mol. The van der Waals surface area contributed by atoms with Gasteiger partial charge in [0.25, 0.3) is 11.1 Å². The molecule has 3 aromatic carbocycles. The third-order valence-electron chi connectivity index (χ3n) is 5.14. The fourth-order valence-electron chi connectivity index (χ4n) is 3.39. The molecule has 0 bridgehead atoms. The van der Waals surface area contributed by atoms with Gasteiger partial charge in [0.05, 0.1) is 24.7 Å². The summed E-state index contributed by atoms with van der Waals surface area (Å²) in [6.07, 6.45) is 3.17. The number of carbonyl (C=O) groups excluding carboxylic acids is 2. The second-order valence-electron chi connectivity index (χ2n) is 7.56.